The fourth-order valence-electron chi connectivity index (χ4n) is 3.17. The average Bonchev–Trinajstić information content (AvgIpc) is 3.15. The molecule has 0 aliphatic rings. The lowest BCUT2D eigenvalue weighted by molar-refractivity contribution is -0.0504. The largest absolute Gasteiger partial charge is 0.434 e. The van der Waals surface area contributed by atoms with Crippen LogP contribution in [0.1, 0.15) is 22.3 Å². The highest BCUT2D eigenvalue weighted by Crippen LogP contribution is 2.23. The number of halogens is 2. The van der Waals surface area contributed by atoms with E-state index in [4.69, 9.17) is 5.26 Å². The zero-order valence-electron chi connectivity index (χ0n) is 15.8. The molecule has 3 heterocycles. The third-order valence-corrected chi connectivity index (χ3v) is 4.61. The maximum absolute atomic E-state index is 12.5. The Bertz CT molecular complexity index is 1200. The molecule has 8 heteroatoms. The predicted molar refractivity (Wildman–Crippen MR) is 108 cm³/mol. The Morgan fingerprint density at radius 2 is 1.97 bits per heavy atom. The Labute approximate surface area is 171 Å². The number of benzene rings is 1. The number of nitriles is 1. The van der Waals surface area contributed by atoms with E-state index in [0.717, 1.165) is 22.2 Å². The number of hydrogen-bond donors (Lipinski definition) is 2. The zero-order valence-corrected chi connectivity index (χ0v) is 15.8. The van der Waals surface area contributed by atoms with Gasteiger partial charge in [0.1, 0.15) is 23.3 Å². The monoisotopic (exact) mass is 405 g/mol. The van der Waals surface area contributed by atoms with Crippen molar-refractivity contribution in [3.8, 4) is 11.8 Å². The molecule has 0 radical (unpaired) electrons. The maximum atomic E-state index is 12.5. The number of hydrogen-bond acceptors (Lipinski definition) is 5. The van der Waals surface area contributed by atoms with E-state index < -0.39 is 6.61 Å². The zero-order chi connectivity index (χ0) is 20.9. The molecule has 3 aromatic heterocycles. The van der Waals surface area contributed by atoms with Crippen molar-refractivity contribution in [1.29, 1.82) is 5.26 Å². The number of nitrogens with one attached hydrogen (secondary N) is 2. The van der Waals surface area contributed by atoms with Crippen molar-refractivity contribution in [3.05, 3.63) is 83.3 Å². The second-order valence-corrected chi connectivity index (χ2v) is 6.61. The average molecular weight is 405 g/mol. The Kier molecular flexibility index (Phi) is 5.52. The summed E-state index contributed by atoms with van der Waals surface area (Å²) in [6.07, 6.45) is 5.80. The number of nitrogens with zero attached hydrogens (tertiary/aromatic N) is 3. The van der Waals surface area contributed by atoms with Crippen LogP contribution in [0.2, 0.25) is 0 Å². The third-order valence-electron chi connectivity index (χ3n) is 4.61. The van der Waals surface area contributed by atoms with Crippen molar-refractivity contribution in [1.82, 2.24) is 15.0 Å². The second-order valence-electron chi connectivity index (χ2n) is 6.61. The highest BCUT2D eigenvalue weighted by atomic mass is 19.3. The van der Waals surface area contributed by atoms with E-state index in [1.54, 1.807) is 24.4 Å². The Morgan fingerprint density at radius 3 is 2.73 bits per heavy atom. The van der Waals surface area contributed by atoms with Gasteiger partial charge >= 0.3 is 6.61 Å². The molecular weight excluding hydrogens is 388 g/mol. The minimum Gasteiger partial charge on any atom is -0.434 e. The molecular formula is C22H17F2N5O. The summed E-state index contributed by atoms with van der Waals surface area (Å²) in [4.78, 5) is 11.8. The van der Waals surface area contributed by atoms with Gasteiger partial charge in [0.15, 0.2) is 0 Å². The van der Waals surface area contributed by atoms with E-state index in [1.165, 1.54) is 12.3 Å². The highest BCUT2D eigenvalue weighted by Gasteiger charge is 2.10. The molecule has 0 unspecified atom stereocenters. The summed E-state index contributed by atoms with van der Waals surface area (Å²) in [5.74, 6) is 0.763. The molecule has 0 atom stereocenters. The summed E-state index contributed by atoms with van der Waals surface area (Å²) in [5, 5.41) is 13.1. The number of para-hydroxylation sites is 1. The van der Waals surface area contributed by atoms with Gasteiger partial charge in [0.25, 0.3) is 0 Å². The number of H-pyrrole nitrogens is 1. The summed E-state index contributed by atoms with van der Waals surface area (Å²) in [6, 6.07) is 14.3. The summed E-state index contributed by atoms with van der Waals surface area (Å²) in [6.45, 7) is -2.56. The van der Waals surface area contributed by atoms with Crippen molar-refractivity contribution in [2.45, 2.75) is 19.6 Å². The molecule has 0 aliphatic heterocycles. The first kappa shape index (κ1) is 19.3. The number of pyridine rings is 2. The van der Waals surface area contributed by atoms with Crippen LogP contribution >= 0.6 is 0 Å². The minimum absolute atomic E-state index is 0.140. The van der Waals surface area contributed by atoms with Crippen LogP contribution in [-0.4, -0.2) is 21.6 Å². The number of alkyl halides is 2. The molecule has 4 aromatic rings. The lowest BCUT2D eigenvalue weighted by Gasteiger charge is -2.12. The lowest BCUT2D eigenvalue weighted by Crippen LogP contribution is -2.07. The molecule has 4 rings (SSSR count). The standard InChI is InChI=1S/C22H17F2N5O/c23-22(24)30-19-4-2-1-3-16(19)12-27-20-6-5-14(10-26-20)7-17-13-29-21-18(17)8-15(9-25)11-28-21/h1-6,8,10-11,13,22H,7,12H2,(H,26,27)(H,28,29). The minimum atomic E-state index is -2.87. The molecule has 150 valence electrons. The summed E-state index contributed by atoms with van der Waals surface area (Å²) in [5.41, 5.74) is 3.88. The Balaban J connectivity index is 1.44. The molecule has 6 nitrogen and oxygen atoms in total. The number of ether oxygens (including phenoxy) is 1. The van der Waals surface area contributed by atoms with Crippen LogP contribution in [0, 0.1) is 11.3 Å². The molecule has 30 heavy (non-hydrogen) atoms. The summed E-state index contributed by atoms with van der Waals surface area (Å²) >= 11 is 0. The summed E-state index contributed by atoms with van der Waals surface area (Å²) in [7, 11) is 0. The molecule has 0 saturated carbocycles. The first-order chi connectivity index (χ1) is 14.6. The SMILES string of the molecule is N#Cc1cnc2[nH]cc(Cc3ccc(NCc4ccccc4OC(F)F)nc3)c2c1. The van der Waals surface area contributed by atoms with Gasteiger partial charge in [0.2, 0.25) is 0 Å². The molecule has 0 saturated heterocycles. The van der Waals surface area contributed by atoms with Crippen LogP contribution in [0.15, 0.2) is 61.1 Å². The van der Waals surface area contributed by atoms with E-state index >= 15 is 0 Å². The van der Waals surface area contributed by atoms with Crippen molar-refractivity contribution in [2.24, 2.45) is 0 Å². The van der Waals surface area contributed by atoms with Crippen molar-refractivity contribution < 1.29 is 13.5 Å². The van der Waals surface area contributed by atoms with E-state index in [0.29, 0.717) is 29.9 Å². The topological polar surface area (TPSA) is 86.6 Å². The van der Waals surface area contributed by atoms with Crippen LogP contribution in [0.3, 0.4) is 0 Å². The molecule has 0 amide bonds. The van der Waals surface area contributed by atoms with Gasteiger partial charge in [-0.15, -0.1) is 0 Å². The maximum Gasteiger partial charge on any atom is 0.387 e. The molecule has 0 fully saturated rings. The number of aromatic amines is 1. The van der Waals surface area contributed by atoms with Crippen LogP contribution in [-0.2, 0) is 13.0 Å². The quantitative estimate of drug-likeness (QED) is 0.468. The Morgan fingerprint density at radius 1 is 1.10 bits per heavy atom. The molecule has 0 aliphatic carbocycles. The Hall–Kier alpha value is -3.99. The summed E-state index contributed by atoms with van der Waals surface area (Å²) < 4.78 is 29.6. The van der Waals surface area contributed by atoms with E-state index in [1.807, 2.05) is 24.4 Å². The normalized spacial score (nSPS) is 10.9. The van der Waals surface area contributed by atoms with Crippen molar-refractivity contribution >= 4 is 16.9 Å². The molecule has 0 spiro atoms. The number of fused-ring (bicyclic) bond motifs is 1. The van der Waals surface area contributed by atoms with Crippen LogP contribution in [0.5, 0.6) is 5.75 Å². The van der Waals surface area contributed by atoms with Crippen LogP contribution in [0.25, 0.3) is 11.0 Å². The van der Waals surface area contributed by atoms with Crippen LogP contribution < -0.4 is 10.1 Å². The fourth-order valence-corrected chi connectivity index (χ4v) is 3.17. The van der Waals surface area contributed by atoms with E-state index in [-0.39, 0.29) is 5.75 Å². The van der Waals surface area contributed by atoms with E-state index in [9.17, 15) is 8.78 Å². The van der Waals surface area contributed by atoms with Gasteiger partial charge in [-0.3, -0.25) is 0 Å². The smallest absolute Gasteiger partial charge is 0.387 e. The molecule has 1 aromatic carbocycles. The van der Waals surface area contributed by atoms with Gasteiger partial charge in [-0.25, -0.2) is 9.97 Å². The number of rotatable bonds is 7. The fraction of sp³-hybridized carbons (Fsp3) is 0.136. The van der Waals surface area contributed by atoms with E-state index in [2.05, 4.69) is 31.1 Å². The van der Waals surface area contributed by atoms with Gasteiger partial charge < -0.3 is 15.0 Å². The van der Waals surface area contributed by atoms with Crippen molar-refractivity contribution in [2.75, 3.05) is 5.32 Å². The second kappa shape index (κ2) is 8.57. The van der Waals surface area contributed by atoms with Crippen molar-refractivity contribution in [3.63, 3.8) is 0 Å². The predicted octanol–water partition coefficient (Wildman–Crippen LogP) is 4.63. The van der Waals surface area contributed by atoms with Gasteiger partial charge in [0.05, 0.1) is 5.56 Å². The third kappa shape index (κ3) is 4.36. The van der Waals surface area contributed by atoms with Gasteiger partial charge in [-0.05, 0) is 29.3 Å². The first-order valence-corrected chi connectivity index (χ1v) is 9.20. The van der Waals surface area contributed by atoms with Crippen LogP contribution in [0.4, 0.5) is 14.6 Å². The number of anilines is 1. The van der Waals surface area contributed by atoms with Gasteiger partial charge in [0, 0.05) is 42.5 Å². The van der Waals surface area contributed by atoms with Gasteiger partial charge in [-0.2, -0.15) is 14.0 Å². The highest BCUT2D eigenvalue weighted by molar-refractivity contribution is 5.81. The first-order valence-electron chi connectivity index (χ1n) is 9.20. The lowest BCUT2D eigenvalue weighted by atomic mass is 10.1. The molecule has 2 N–H and O–H groups in total. The molecule has 0 bridgehead atoms. The van der Waals surface area contributed by atoms with Gasteiger partial charge in [-0.1, -0.05) is 24.3 Å². The number of aromatic nitrogens is 3.